The van der Waals surface area contributed by atoms with Crippen molar-refractivity contribution >= 4 is 23.3 Å². The van der Waals surface area contributed by atoms with E-state index in [-0.39, 0.29) is 35.8 Å². The van der Waals surface area contributed by atoms with Crippen molar-refractivity contribution in [3.8, 4) is 5.75 Å². The van der Waals surface area contributed by atoms with Crippen molar-refractivity contribution in [1.82, 2.24) is 0 Å². The van der Waals surface area contributed by atoms with E-state index in [9.17, 15) is 29.8 Å². The molecule has 0 unspecified atom stereocenters. The Bertz CT molecular complexity index is 1050. The van der Waals surface area contributed by atoms with Crippen molar-refractivity contribution in [1.29, 1.82) is 0 Å². The quantitative estimate of drug-likeness (QED) is 0.388. The van der Waals surface area contributed by atoms with Gasteiger partial charge in [-0.05, 0) is 6.07 Å². The van der Waals surface area contributed by atoms with Crippen LogP contribution in [0.1, 0.15) is 31.8 Å². The molecule has 1 heterocycles. The Morgan fingerprint density at radius 1 is 1.00 bits per heavy atom. The average molecular weight is 418 g/mol. The topological polar surface area (TPSA) is 157 Å². The van der Waals surface area contributed by atoms with Crippen LogP contribution in [0.3, 0.4) is 0 Å². The summed E-state index contributed by atoms with van der Waals surface area (Å²) in [6.45, 7) is -0.385. The Hall–Kier alpha value is -4.06. The second-order valence-corrected chi connectivity index (χ2v) is 6.05. The van der Waals surface area contributed by atoms with Gasteiger partial charge in [0.15, 0.2) is 6.79 Å². The zero-order chi connectivity index (χ0) is 21.8. The number of non-ortho nitro benzene ring substituents is 2. The highest BCUT2D eigenvalue weighted by molar-refractivity contribution is 5.96. The summed E-state index contributed by atoms with van der Waals surface area (Å²) in [5, 5.41) is 22.2. The van der Waals surface area contributed by atoms with Crippen molar-refractivity contribution in [2.24, 2.45) is 0 Å². The molecular formula is C18H14N2O10. The number of benzene rings is 2. The normalized spacial score (nSPS) is 12.3. The number of nitrogens with zero attached hydrogens (tertiary/aromatic N) is 2. The predicted molar refractivity (Wildman–Crippen MR) is 96.9 cm³/mol. The van der Waals surface area contributed by atoms with Crippen LogP contribution in [0.25, 0.3) is 0 Å². The molecule has 0 saturated carbocycles. The summed E-state index contributed by atoms with van der Waals surface area (Å²) in [7, 11) is 1.09. The van der Waals surface area contributed by atoms with E-state index in [2.05, 4.69) is 4.74 Å². The van der Waals surface area contributed by atoms with E-state index in [0.717, 1.165) is 25.3 Å². The molecule has 0 atom stereocenters. The van der Waals surface area contributed by atoms with Crippen LogP contribution in [0.15, 0.2) is 30.3 Å². The third-order valence-corrected chi connectivity index (χ3v) is 4.13. The lowest BCUT2D eigenvalue weighted by molar-refractivity contribution is -0.385. The lowest BCUT2D eigenvalue weighted by atomic mass is 10.1. The number of rotatable bonds is 6. The van der Waals surface area contributed by atoms with E-state index in [1.165, 1.54) is 12.1 Å². The molecule has 0 fully saturated rings. The molecule has 1 aliphatic rings. The standard InChI is InChI=1S/C18H14N2O10/c1-27-17(21)10-2-11(4-14(3-10)19(23)24)18(22)29-8-13-6-15(20(25)26)5-12-7-28-9-30-16(12)13/h2-6H,7-9H2,1H3. The van der Waals surface area contributed by atoms with Crippen molar-refractivity contribution in [3.05, 3.63) is 72.8 Å². The Morgan fingerprint density at radius 2 is 1.63 bits per heavy atom. The SMILES string of the molecule is COC(=O)c1cc(C(=O)OCc2cc([N+](=O)[O-])cc3c2OCOC3)cc([N+](=O)[O-])c1. The number of esters is 2. The molecule has 0 amide bonds. The number of carbonyl (C=O) groups is 2. The Balaban J connectivity index is 1.88. The lowest BCUT2D eigenvalue weighted by Gasteiger charge is -2.20. The maximum absolute atomic E-state index is 12.4. The average Bonchev–Trinajstić information content (AvgIpc) is 2.75. The summed E-state index contributed by atoms with van der Waals surface area (Å²) in [5.41, 5.74) is -0.547. The maximum atomic E-state index is 12.4. The Labute approximate surface area is 168 Å². The van der Waals surface area contributed by atoms with Gasteiger partial charge in [-0.2, -0.15) is 0 Å². The largest absolute Gasteiger partial charge is 0.467 e. The first kappa shape index (κ1) is 20.7. The van der Waals surface area contributed by atoms with Gasteiger partial charge in [0.25, 0.3) is 11.4 Å². The molecule has 12 heteroatoms. The lowest BCUT2D eigenvalue weighted by Crippen LogP contribution is -2.15. The van der Waals surface area contributed by atoms with Gasteiger partial charge in [0.2, 0.25) is 0 Å². The molecule has 0 bridgehead atoms. The summed E-state index contributed by atoms with van der Waals surface area (Å²) < 4.78 is 20.1. The van der Waals surface area contributed by atoms with Crippen LogP contribution in [-0.4, -0.2) is 35.7 Å². The number of nitro benzene ring substituents is 2. The number of ether oxygens (including phenoxy) is 4. The van der Waals surface area contributed by atoms with Crippen LogP contribution < -0.4 is 4.74 Å². The molecule has 0 radical (unpaired) electrons. The van der Waals surface area contributed by atoms with Crippen LogP contribution in [0.2, 0.25) is 0 Å². The fraction of sp³-hybridized carbons (Fsp3) is 0.222. The molecule has 0 aliphatic carbocycles. The van der Waals surface area contributed by atoms with Crippen LogP contribution in [-0.2, 0) is 27.4 Å². The van der Waals surface area contributed by atoms with Gasteiger partial charge >= 0.3 is 11.9 Å². The van der Waals surface area contributed by atoms with E-state index >= 15 is 0 Å². The number of fused-ring (bicyclic) bond motifs is 1. The zero-order valence-corrected chi connectivity index (χ0v) is 15.5. The molecule has 2 aromatic carbocycles. The molecule has 12 nitrogen and oxygen atoms in total. The first-order chi connectivity index (χ1) is 14.3. The molecular weight excluding hydrogens is 404 g/mol. The summed E-state index contributed by atoms with van der Waals surface area (Å²) in [5.74, 6) is -1.54. The summed E-state index contributed by atoms with van der Waals surface area (Å²) in [4.78, 5) is 45.0. The van der Waals surface area contributed by atoms with Gasteiger partial charge in [-0.25, -0.2) is 9.59 Å². The fourth-order valence-corrected chi connectivity index (χ4v) is 2.79. The van der Waals surface area contributed by atoms with E-state index in [1.807, 2.05) is 0 Å². The van der Waals surface area contributed by atoms with Gasteiger partial charge in [-0.3, -0.25) is 20.2 Å². The summed E-state index contributed by atoms with van der Waals surface area (Å²) >= 11 is 0. The van der Waals surface area contributed by atoms with E-state index in [4.69, 9.17) is 14.2 Å². The van der Waals surface area contributed by atoms with Gasteiger partial charge in [-0.1, -0.05) is 0 Å². The van der Waals surface area contributed by atoms with Crippen LogP contribution >= 0.6 is 0 Å². The highest BCUT2D eigenvalue weighted by Crippen LogP contribution is 2.33. The van der Waals surface area contributed by atoms with Gasteiger partial charge in [0.05, 0.1) is 34.7 Å². The predicted octanol–water partition coefficient (Wildman–Crippen LogP) is 2.51. The van der Waals surface area contributed by atoms with Crippen molar-refractivity contribution < 1.29 is 38.4 Å². The van der Waals surface area contributed by atoms with Gasteiger partial charge in [0.1, 0.15) is 12.4 Å². The number of nitro groups is 2. The number of hydrogen-bond acceptors (Lipinski definition) is 10. The third kappa shape index (κ3) is 4.33. The van der Waals surface area contributed by atoms with E-state index in [0.29, 0.717) is 11.3 Å². The van der Waals surface area contributed by atoms with Crippen molar-refractivity contribution in [2.45, 2.75) is 13.2 Å². The number of hydrogen-bond donors (Lipinski definition) is 0. The third-order valence-electron chi connectivity index (χ3n) is 4.13. The van der Waals surface area contributed by atoms with Crippen LogP contribution in [0, 0.1) is 20.2 Å². The van der Waals surface area contributed by atoms with Gasteiger partial charge < -0.3 is 18.9 Å². The van der Waals surface area contributed by atoms with Gasteiger partial charge in [0, 0.05) is 35.4 Å². The highest BCUT2D eigenvalue weighted by atomic mass is 16.7. The second-order valence-electron chi connectivity index (χ2n) is 6.05. The Morgan fingerprint density at radius 3 is 2.27 bits per heavy atom. The van der Waals surface area contributed by atoms with Crippen LogP contribution in [0.4, 0.5) is 11.4 Å². The maximum Gasteiger partial charge on any atom is 0.338 e. The minimum Gasteiger partial charge on any atom is -0.467 e. The summed E-state index contributed by atoms with van der Waals surface area (Å²) in [6.07, 6.45) is 0. The first-order valence-electron chi connectivity index (χ1n) is 8.35. The highest BCUT2D eigenvalue weighted by Gasteiger charge is 2.23. The minimum atomic E-state index is -0.976. The first-order valence-corrected chi connectivity index (χ1v) is 8.35. The second kappa shape index (κ2) is 8.53. The molecule has 156 valence electrons. The summed E-state index contributed by atoms with van der Waals surface area (Å²) in [6, 6.07) is 5.50. The van der Waals surface area contributed by atoms with Gasteiger partial charge in [-0.15, -0.1) is 0 Å². The zero-order valence-electron chi connectivity index (χ0n) is 15.5. The molecule has 0 N–H and O–H groups in total. The van der Waals surface area contributed by atoms with Crippen LogP contribution in [0.5, 0.6) is 5.75 Å². The molecule has 0 spiro atoms. The van der Waals surface area contributed by atoms with E-state index in [1.54, 1.807) is 0 Å². The number of carbonyl (C=O) groups excluding carboxylic acids is 2. The van der Waals surface area contributed by atoms with Crippen molar-refractivity contribution in [3.63, 3.8) is 0 Å². The monoisotopic (exact) mass is 418 g/mol. The van der Waals surface area contributed by atoms with E-state index < -0.39 is 34.1 Å². The molecule has 3 rings (SSSR count). The molecule has 0 aromatic heterocycles. The Kier molecular flexibility index (Phi) is 5.88. The molecule has 2 aromatic rings. The van der Waals surface area contributed by atoms with Crippen molar-refractivity contribution in [2.75, 3.05) is 13.9 Å². The minimum absolute atomic E-state index is 0.0703. The molecule has 30 heavy (non-hydrogen) atoms. The smallest absolute Gasteiger partial charge is 0.338 e. The molecule has 0 saturated heterocycles. The fourth-order valence-electron chi connectivity index (χ4n) is 2.79. The molecule has 1 aliphatic heterocycles. The number of methoxy groups -OCH3 is 1.